The van der Waals surface area contributed by atoms with Gasteiger partial charge in [-0.05, 0) is 6.42 Å². The molecule has 128 valence electrons. The molecule has 0 bridgehead atoms. The van der Waals surface area contributed by atoms with Gasteiger partial charge in [-0.15, -0.1) is 0 Å². The van der Waals surface area contributed by atoms with Gasteiger partial charge in [0, 0.05) is 19.3 Å². The standard InChI is InChI=1S/C10H17N3O6S.CH4O/c11-5(10(18)19)1-2-7(14)13-6(4-20)9(17)12-3-8(15)16;1-2/h5-6,20H,1-4,11H2,(H,12,17)(H,13,14)(H,15,16)(H,18,19);2H,1H3/t5-,6-;/m0./s1. The van der Waals surface area contributed by atoms with E-state index in [0.29, 0.717) is 0 Å². The second kappa shape index (κ2) is 12.9. The maximum Gasteiger partial charge on any atom is 0.322 e. The van der Waals surface area contributed by atoms with Crippen molar-refractivity contribution in [1.29, 1.82) is 0 Å². The predicted octanol–water partition coefficient (Wildman–Crippen LogP) is -2.60. The molecule has 0 radical (unpaired) electrons. The number of aliphatic hydroxyl groups is 1. The zero-order valence-electron chi connectivity index (χ0n) is 12.0. The van der Waals surface area contributed by atoms with Gasteiger partial charge in [0.15, 0.2) is 0 Å². The van der Waals surface area contributed by atoms with Crippen molar-refractivity contribution in [1.82, 2.24) is 10.6 Å². The Labute approximate surface area is 132 Å². The summed E-state index contributed by atoms with van der Waals surface area (Å²) in [6, 6.07) is -2.15. The Kier molecular flexibility index (Phi) is 13.1. The first-order valence-electron chi connectivity index (χ1n) is 6.10. The van der Waals surface area contributed by atoms with Crippen LogP contribution < -0.4 is 16.4 Å². The molecule has 11 heteroatoms. The largest absolute Gasteiger partial charge is 0.480 e. The zero-order valence-corrected chi connectivity index (χ0v) is 12.9. The maximum atomic E-state index is 11.5. The van der Waals surface area contributed by atoms with Crippen molar-refractivity contribution in [3.05, 3.63) is 0 Å². The zero-order chi connectivity index (χ0) is 17.7. The average Bonchev–Trinajstić information content (AvgIpc) is 2.49. The molecule has 7 N–H and O–H groups in total. The van der Waals surface area contributed by atoms with E-state index < -0.39 is 42.4 Å². The van der Waals surface area contributed by atoms with Crippen molar-refractivity contribution in [2.45, 2.75) is 24.9 Å². The number of hydrogen-bond donors (Lipinski definition) is 7. The van der Waals surface area contributed by atoms with E-state index in [1.165, 1.54) is 0 Å². The minimum atomic E-state index is -1.22. The van der Waals surface area contributed by atoms with E-state index >= 15 is 0 Å². The van der Waals surface area contributed by atoms with Gasteiger partial charge in [-0.2, -0.15) is 12.6 Å². The van der Waals surface area contributed by atoms with Crippen molar-refractivity contribution in [2.75, 3.05) is 19.4 Å². The van der Waals surface area contributed by atoms with Crippen LogP contribution in [0.2, 0.25) is 0 Å². The van der Waals surface area contributed by atoms with Gasteiger partial charge in [-0.1, -0.05) is 0 Å². The molecule has 0 rings (SSSR count). The van der Waals surface area contributed by atoms with E-state index in [1.54, 1.807) is 0 Å². The number of rotatable bonds is 9. The van der Waals surface area contributed by atoms with E-state index in [1.807, 2.05) is 0 Å². The van der Waals surface area contributed by atoms with Crippen LogP contribution in [-0.4, -0.2) is 70.6 Å². The first kappa shape index (κ1) is 22.4. The van der Waals surface area contributed by atoms with Gasteiger partial charge in [0.1, 0.15) is 18.6 Å². The molecule has 0 aromatic carbocycles. The molecule has 0 spiro atoms. The van der Waals surface area contributed by atoms with Gasteiger partial charge in [-0.3, -0.25) is 19.2 Å². The van der Waals surface area contributed by atoms with Crippen molar-refractivity contribution in [3.63, 3.8) is 0 Å². The number of nitrogens with two attached hydrogens (primary N) is 1. The van der Waals surface area contributed by atoms with Crippen molar-refractivity contribution >= 4 is 36.4 Å². The Morgan fingerprint density at radius 2 is 1.73 bits per heavy atom. The summed E-state index contributed by atoms with van der Waals surface area (Å²) >= 11 is 3.87. The smallest absolute Gasteiger partial charge is 0.322 e. The summed E-state index contributed by atoms with van der Waals surface area (Å²) in [7, 11) is 1.00. The van der Waals surface area contributed by atoms with E-state index in [0.717, 1.165) is 7.11 Å². The fourth-order valence-electron chi connectivity index (χ4n) is 1.16. The number of nitrogens with one attached hydrogen (secondary N) is 2. The quantitative estimate of drug-likeness (QED) is 0.223. The summed E-state index contributed by atoms with van der Waals surface area (Å²) in [4.78, 5) is 43.7. The first-order chi connectivity index (χ1) is 10.3. The van der Waals surface area contributed by atoms with E-state index in [-0.39, 0.29) is 18.6 Å². The highest BCUT2D eigenvalue weighted by atomic mass is 32.1. The number of carboxylic acid groups (broad SMARTS) is 2. The molecule has 22 heavy (non-hydrogen) atoms. The Morgan fingerprint density at radius 1 is 1.18 bits per heavy atom. The normalized spacial score (nSPS) is 12.2. The minimum absolute atomic E-state index is 0.0256. The summed E-state index contributed by atoms with van der Waals surface area (Å²) in [5.74, 6) is -3.70. The molecule has 0 unspecified atom stereocenters. The van der Waals surface area contributed by atoms with Crippen LogP contribution in [0.25, 0.3) is 0 Å². The molecule has 2 atom stereocenters. The highest BCUT2D eigenvalue weighted by Crippen LogP contribution is 1.97. The molecule has 0 aliphatic carbocycles. The molecular weight excluding hydrogens is 318 g/mol. The SMILES string of the molecule is CO.N[C@@H](CCC(=O)N[C@@H](CS)C(=O)NCC(=O)O)C(=O)O. The maximum absolute atomic E-state index is 11.5. The monoisotopic (exact) mass is 339 g/mol. The summed E-state index contributed by atoms with van der Waals surface area (Å²) in [6.45, 7) is -0.567. The molecule has 0 heterocycles. The molecular formula is C11H21N3O7S. The van der Waals surface area contributed by atoms with E-state index in [2.05, 4.69) is 23.3 Å². The fourth-order valence-corrected chi connectivity index (χ4v) is 1.41. The molecule has 10 nitrogen and oxygen atoms in total. The molecule has 0 aliphatic heterocycles. The van der Waals surface area contributed by atoms with Crippen LogP contribution in [0.15, 0.2) is 0 Å². The summed E-state index contributed by atoms with van der Waals surface area (Å²) in [5.41, 5.74) is 5.23. The van der Waals surface area contributed by atoms with Crippen LogP contribution in [0.1, 0.15) is 12.8 Å². The number of aliphatic hydroxyl groups excluding tert-OH is 1. The van der Waals surface area contributed by atoms with Crippen LogP contribution in [0.3, 0.4) is 0 Å². The minimum Gasteiger partial charge on any atom is -0.480 e. The third kappa shape index (κ3) is 10.9. The van der Waals surface area contributed by atoms with Gasteiger partial charge in [0.2, 0.25) is 11.8 Å². The fraction of sp³-hybridized carbons (Fsp3) is 0.636. The number of carbonyl (C=O) groups excluding carboxylic acids is 2. The van der Waals surface area contributed by atoms with Crippen LogP contribution in [0, 0.1) is 0 Å². The summed E-state index contributed by atoms with van der Waals surface area (Å²) < 4.78 is 0. The molecule has 0 saturated carbocycles. The molecule has 2 amide bonds. The van der Waals surface area contributed by atoms with Gasteiger partial charge in [0.05, 0.1) is 0 Å². The topological polar surface area (TPSA) is 179 Å². The van der Waals surface area contributed by atoms with E-state index in [9.17, 15) is 19.2 Å². The highest BCUT2D eigenvalue weighted by Gasteiger charge is 2.20. The molecule has 0 aliphatic rings. The number of hydrogen-bond acceptors (Lipinski definition) is 7. The van der Waals surface area contributed by atoms with Crippen molar-refractivity contribution in [2.24, 2.45) is 5.73 Å². The number of aliphatic carboxylic acids is 2. The predicted molar refractivity (Wildman–Crippen MR) is 79.4 cm³/mol. The number of thiol groups is 1. The summed E-state index contributed by atoms with van der Waals surface area (Å²) in [6.07, 6.45) is -0.235. The third-order valence-corrected chi connectivity index (χ3v) is 2.61. The first-order valence-corrected chi connectivity index (χ1v) is 6.74. The Balaban J connectivity index is 0. The molecule has 0 aromatic heterocycles. The number of carbonyl (C=O) groups is 4. The second-order valence-electron chi connectivity index (χ2n) is 3.90. The van der Waals surface area contributed by atoms with Gasteiger partial charge in [0.25, 0.3) is 0 Å². The van der Waals surface area contributed by atoms with Crippen LogP contribution in [0.4, 0.5) is 0 Å². The lowest BCUT2D eigenvalue weighted by atomic mass is 10.1. The van der Waals surface area contributed by atoms with Gasteiger partial charge >= 0.3 is 11.9 Å². The van der Waals surface area contributed by atoms with Crippen LogP contribution >= 0.6 is 12.6 Å². The van der Waals surface area contributed by atoms with Crippen LogP contribution in [-0.2, 0) is 19.2 Å². The van der Waals surface area contributed by atoms with Gasteiger partial charge < -0.3 is 31.7 Å². The number of carboxylic acids is 2. The van der Waals surface area contributed by atoms with Crippen molar-refractivity contribution < 1.29 is 34.5 Å². The Bertz CT molecular complexity index is 392. The lowest BCUT2D eigenvalue weighted by molar-refractivity contribution is -0.139. The average molecular weight is 339 g/mol. The molecule has 0 aromatic rings. The Morgan fingerprint density at radius 3 is 2.14 bits per heavy atom. The van der Waals surface area contributed by atoms with Gasteiger partial charge in [-0.25, -0.2) is 0 Å². The van der Waals surface area contributed by atoms with Crippen LogP contribution in [0.5, 0.6) is 0 Å². The third-order valence-electron chi connectivity index (χ3n) is 2.25. The molecule has 0 fully saturated rings. The lowest BCUT2D eigenvalue weighted by Gasteiger charge is -2.16. The number of amides is 2. The lowest BCUT2D eigenvalue weighted by Crippen LogP contribution is -2.49. The summed E-state index contributed by atoms with van der Waals surface area (Å²) in [5, 5.41) is 28.4. The highest BCUT2D eigenvalue weighted by molar-refractivity contribution is 7.80. The Hall–Kier alpha value is -1.85. The van der Waals surface area contributed by atoms with Crippen molar-refractivity contribution in [3.8, 4) is 0 Å². The molecule has 0 saturated heterocycles. The van der Waals surface area contributed by atoms with E-state index in [4.69, 9.17) is 21.1 Å². The second-order valence-corrected chi connectivity index (χ2v) is 4.26.